The second kappa shape index (κ2) is 8.28. The summed E-state index contributed by atoms with van der Waals surface area (Å²) < 4.78 is 5.41. The number of morpholine rings is 1. The van der Waals surface area contributed by atoms with Crippen molar-refractivity contribution in [1.82, 2.24) is 9.97 Å². The molecule has 0 bridgehead atoms. The highest BCUT2D eigenvalue weighted by atomic mass is 16.5. The van der Waals surface area contributed by atoms with E-state index in [4.69, 9.17) is 10.5 Å². The largest absolute Gasteiger partial charge is 0.378 e. The number of benzene rings is 2. The molecule has 148 valence electrons. The van der Waals surface area contributed by atoms with Crippen LogP contribution in [0.2, 0.25) is 0 Å². The zero-order chi connectivity index (χ0) is 20.2. The topological polar surface area (TPSA) is 93.4 Å². The van der Waals surface area contributed by atoms with Crippen molar-refractivity contribution in [3.63, 3.8) is 0 Å². The summed E-state index contributed by atoms with van der Waals surface area (Å²) in [5, 5.41) is 3.37. The molecule has 0 atom stereocenters. The third-order valence-electron chi connectivity index (χ3n) is 4.91. The Morgan fingerprint density at radius 2 is 1.76 bits per heavy atom. The average Bonchev–Trinajstić information content (AvgIpc) is 2.76. The second-order valence-corrected chi connectivity index (χ2v) is 6.94. The van der Waals surface area contributed by atoms with Crippen LogP contribution in [-0.2, 0) is 4.74 Å². The fraction of sp³-hybridized carbons (Fsp3) is 0.227. The number of carbonyl (C=O) groups excluding carboxylic acids is 1. The van der Waals surface area contributed by atoms with Crippen molar-refractivity contribution in [3.05, 3.63) is 65.9 Å². The monoisotopic (exact) mass is 389 g/mol. The summed E-state index contributed by atoms with van der Waals surface area (Å²) in [6, 6.07) is 15.3. The van der Waals surface area contributed by atoms with Crippen LogP contribution >= 0.6 is 0 Å². The third kappa shape index (κ3) is 4.35. The van der Waals surface area contributed by atoms with Gasteiger partial charge in [-0.05, 0) is 43.3 Å². The molecule has 1 saturated heterocycles. The van der Waals surface area contributed by atoms with E-state index in [1.54, 1.807) is 30.5 Å². The predicted molar refractivity (Wildman–Crippen MR) is 113 cm³/mol. The van der Waals surface area contributed by atoms with Gasteiger partial charge in [-0.25, -0.2) is 9.97 Å². The molecule has 0 radical (unpaired) electrons. The van der Waals surface area contributed by atoms with Gasteiger partial charge in [-0.3, -0.25) is 4.79 Å². The number of nitrogens with two attached hydrogens (primary N) is 1. The first-order valence-corrected chi connectivity index (χ1v) is 9.54. The molecule has 3 N–H and O–H groups in total. The molecule has 0 unspecified atom stereocenters. The van der Waals surface area contributed by atoms with Gasteiger partial charge in [0.1, 0.15) is 5.82 Å². The van der Waals surface area contributed by atoms with Gasteiger partial charge >= 0.3 is 0 Å². The molecule has 1 amide bonds. The van der Waals surface area contributed by atoms with Crippen LogP contribution in [0.4, 0.5) is 17.2 Å². The van der Waals surface area contributed by atoms with Crippen molar-refractivity contribution >= 4 is 23.1 Å². The average molecular weight is 389 g/mol. The van der Waals surface area contributed by atoms with Crippen LogP contribution < -0.4 is 16.0 Å². The van der Waals surface area contributed by atoms with E-state index in [0.29, 0.717) is 11.4 Å². The van der Waals surface area contributed by atoms with Gasteiger partial charge in [0.25, 0.3) is 0 Å². The van der Waals surface area contributed by atoms with Crippen molar-refractivity contribution in [1.29, 1.82) is 0 Å². The van der Waals surface area contributed by atoms with Crippen LogP contribution in [0.5, 0.6) is 0 Å². The number of aromatic nitrogens is 2. The van der Waals surface area contributed by atoms with Gasteiger partial charge in [0.2, 0.25) is 5.91 Å². The Labute approximate surface area is 169 Å². The fourth-order valence-corrected chi connectivity index (χ4v) is 3.21. The maximum Gasteiger partial charge on any atom is 0.248 e. The maximum absolute atomic E-state index is 11.2. The fourth-order valence-electron chi connectivity index (χ4n) is 3.21. The van der Waals surface area contributed by atoms with Crippen molar-refractivity contribution in [3.8, 4) is 11.4 Å². The Bertz CT molecular complexity index is 997. The number of hydrogen-bond donors (Lipinski definition) is 2. The smallest absolute Gasteiger partial charge is 0.248 e. The molecule has 1 fully saturated rings. The zero-order valence-electron chi connectivity index (χ0n) is 16.3. The Balaban J connectivity index is 1.52. The number of hydrogen-bond acceptors (Lipinski definition) is 6. The minimum Gasteiger partial charge on any atom is -0.378 e. The summed E-state index contributed by atoms with van der Waals surface area (Å²) in [6.07, 6.45) is 1.79. The van der Waals surface area contributed by atoms with Crippen LogP contribution in [-0.4, -0.2) is 42.2 Å². The van der Waals surface area contributed by atoms with Crippen LogP contribution in [0, 0.1) is 6.92 Å². The number of rotatable bonds is 5. The Kier molecular flexibility index (Phi) is 5.39. The highest BCUT2D eigenvalue weighted by molar-refractivity contribution is 5.93. The number of amides is 1. The summed E-state index contributed by atoms with van der Waals surface area (Å²) in [5.41, 5.74) is 9.67. The van der Waals surface area contributed by atoms with Crippen LogP contribution in [0.15, 0.2) is 54.7 Å². The number of nitrogens with zero attached hydrogens (tertiary/aromatic N) is 3. The lowest BCUT2D eigenvalue weighted by Gasteiger charge is -2.28. The third-order valence-corrected chi connectivity index (χ3v) is 4.91. The van der Waals surface area contributed by atoms with E-state index in [1.165, 1.54) is 5.69 Å². The molecular weight excluding hydrogens is 366 g/mol. The molecular formula is C22H23N5O2. The number of ether oxygens (including phenoxy) is 1. The predicted octanol–water partition coefficient (Wildman–Crippen LogP) is 3.13. The van der Waals surface area contributed by atoms with E-state index >= 15 is 0 Å². The lowest BCUT2D eigenvalue weighted by Crippen LogP contribution is -2.36. The van der Waals surface area contributed by atoms with E-state index in [2.05, 4.69) is 32.3 Å². The molecule has 0 aliphatic carbocycles. The van der Waals surface area contributed by atoms with Crippen molar-refractivity contribution in [2.45, 2.75) is 6.92 Å². The Morgan fingerprint density at radius 1 is 1.07 bits per heavy atom. The number of nitrogens with one attached hydrogen (secondary N) is 1. The van der Waals surface area contributed by atoms with Crippen molar-refractivity contribution < 1.29 is 9.53 Å². The first kappa shape index (κ1) is 18.9. The molecule has 4 rings (SSSR count). The Hall–Kier alpha value is -3.45. The van der Waals surface area contributed by atoms with Crippen LogP contribution in [0.25, 0.3) is 11.4 Å². The summed E-state index contributed by atoms with van der Waals surface area (Å²) in [4.78, 5) is 22.6. The molecule has 0 spiro atoms. The van der Waals surface area contributed by atoms with Crippen LogP contribution in [0.3, 0.4) is 0 Å². The molecule has 7 nitrogen and oxygen atoms in total. The lowest BCUT2D eigenvalue weighted by molar-refractivity contribution is 0.100. The summed E-state index contributed by atoms with van der Waals surface area (Å²) in [6.45, 7) is 5.32. The molecule has 2 aromatic carbocycles. The molecule has 1 aliphatic rings. The van der Waals surface area contributed by atoms with E-state index in [1.807, 2.05) is 19.1 Å². The molecule has 1 aliphatic heterocycles. The highest BCUT2D eigenvalue weighted by Gasteiger charge is 2.12. The number of carbonyl (C=O) groups is 1. The van der Waals surface area contributed by atoms with Crippen molar-refractivity contribution in [2.75, 3.05) is 36.5 Å². The summed E-state index contributed by atoms with van der Waals surface area (Å²) in [7, 11) is 0. The van der Waals surface area contributed by atoms with Gasteiger partial charge in [-0.15, -0.1) is 0 Å². The SMILES string of the molecule is Cc1cnc(-c2ccc(C(N)=O)cc2)nc1Nc1ccc(N2CCOCC2)cc1. The van der Waals surface area contributed by atoms with Gasteiger partial charge in [-0.2, -0.15) is 0 Å². The normalized spacial score (nSPS) is 13.9. The molecule has 2 heterocycles. The Morgan fingerprint density at radius 3 is 2.41 bits per heavy atom. The molecule has 7 heteroatoms. The molecule has 29 heavy (non-hydrogen) atoms. The minimum absolute atomic E-state index is 0.454. The standard InChI is InChI=1S/C22H23N5O2/c1-15-14-24-22(17-4-2-16(3-5-17)20(23)28)26-21(15)25-18-6-8-19(9-7-18)27-10-12-29-13-11-27/h2-9,14H,10-13H2,1H3,(H2,23,28)(H,24,25,26). The highest BCUT2D eigenvalue weighted by Crippen LogP contribution is 2.24. The van der Waals surface area contributed by atoms with Gasteiger partial charge in [0.05, 0.1) is 13.2 Å². The first-order valence-electron chi connectivity index (χ1n) is 9.54. The zero-order valence-corrected chi connectivity index (χ0v) is 16.3. The van der Waals surface area contributed by atoms with E-state index < -0.39 is 5.91 Å². The first-order chi connectivity index (χ1) is 14.1. The molecule has 0 saturated carbocycles. The van der Waals surface area contributed by atoms with Crippen molar-refractivity contribution in [2.24, 2.45) is 5.73 Å². The lowest BCUT2D eigenvalue weighted by atomic mass is 10.1. The van der Waals surface area contributed by atoms with Gasteiger partial charge in [0.15, 0.2) is 5.82 Å². The summed E-state index contributed by atoms with van der Waals surface area (Å²) in [5.74, 6) is 0.872. The van der Waals surface area contributed by atoms with Gasteiger partial charge < -0.3 is 20.7 Å². The number of anilines is 3. The minimum atomic E-state index is -0.454. The van der Waals surface area contributed by atoms with Gasteiger partial charge in [-0.1, -0.05) is 12.1 Å². The molecule has 1 aromatic heterocycles. The van der Waals surface area contributed by atoms with E-state index in [-0.39, 0.29) is 0 Å². The number of aryl methyl sites for hydroxylation is 1. The van der Waals surface area contributed by atoms with E-state index in [0.717, 1.165) is 48.9 Å². The number of primary amides is 1. The van der Waals surface area contributed by atoms with Crippen LogP contribution in [0.1, 0.15) is 15.9 Å². The van der Waals surface area contributed by atoms with Gasteiger partial charge in [0, 0.05) is 47.4 Å². The van der Waals surface area contributed by atoms with E-state index in [9.17, 15) is 4.79 Å². The second-order valence-electron chi connectivity index (χ2n) is 6.94. The molecule has 3 aromatic rings. The summed E-state index contributed by atoms with van der Waals surface area (Å²) >= 11 is 0. The maximum atomic E-state index is 11.2. The quantitative estimate of drug-likeness (QED) is 0.696.